The van der Waals surface area contributed by atoms with Gasteiger partial charge in [0, 0.05) is 75.3 Å². The number of likely N-dealkylation sites (N-methyl/N-ethyl adjacent to an activating group) is 2. The molecule has 0 saturated carbocycles. The minimum absolute atomic E-state index is 0.0342. The third-order valence-corrected chi connectivity index (χ3v) is 15.3. The van der Waals surface area contributed by atoms with Crippen molar-refractivity contribution >= 4 is 11.8 Å². The predicted octanol–water partition coefficient (Wildman–Crippen LogP) is 3.52. The molecule has 68 heavy (non-hydrogen) atoms. The zero-order valence-corrected chi connectivity index (χ0v) is 42.9. The molecule has 1 aromatic heterocycles. The maximum Gasteiger partial charge on any atom is 0.311 e. The minimum Gasteiger partial charge on any atom is -0.462 e. The van der Waals surface area contributed by atoms with Gasteiger partial charge in [0.05, 0.1) is 53.3 Å². The summed E-state index contributed by atoms with van der Waals surface area (Å²) in [6, 6.07) is 6.92. The molecule has 2 aromatic rings. The summed E-state index contributed by atoms with van der Waals surface area (Å²) in [6.07, 6.45) is -3.98. The first kappa shape index (κ1) is 55.8. The number of benzene rings is 1. The highest BCUT2D eigenvalue weighted by atomic mass is 16.7. The number of hydrogen-bond acceptors (Lipinski definition) is 16. The molecule has 18 atom stereocenters. The Morgan fingerprint density at radius 3 is 2.29 bits per heavy atom. The zero-order valence-electron chi connectivity index (χ0n) is 42.9. The van der Waals surface area contributed by atoms with E-state index in [4.69, 9.17) is 39.6 Å². The van der Waals surface area contributed by atoms with Gasteiger partial charge in [-0.2, -0.15) is 0 Å². The lowest BCUT2D eigenvalue weighted by molar-refractivity contribution is -0.318. The number of aromatic nitrogens is 3. The van der Waals surface area contributed by atoms with Crippen molar-refractivity contribution in [3.8, 4) is 0 Å². The van der Waals surface area contributed by atoms with Gasteiger partial charge in [0.15, 0.2) is 12.6 Å². The van der Waals surface area contributed by atoms with Crippen LogP contribution in [0.2, 0.25) is 0 Å². The number of esters is 1. The van der Waals surface area contributed by atoms with E-state index in [1.807, 2.05) is 90.8 Å². The first-order valence-corrected chi connectivity index (χ1v) is 24.8. The smallest absolute Gasteiger partial charge is 0.311 e. The van der Waals surface area contributed by atoms with Gasteiger partial charge in [-0.05, 0) is 92.8 Å². The second kappa shape index (κ2) is 23.8. The van der Waals surface area contributed by atoms with Gasteiger partial charge in [-0.1, -0.05) is 57.2 Å². The van der Waals surface area contributed by atoms with Crippen LogP contribution in [0.5, 0.6) is 0 Å². The summed E-state index contributed by atoms with van der Waals surface area (Å²) in [5, 5.41) is 64.1. The van der Waals surface area contributed by atoms with Crippen LogP contribution in [-0.4, -0.2) is 176 Å². The predicted molar refractivity (Wildman–Crippen MR) is 257 cm³/mol. The van der Waals surface area contributed by atoms with Crippen molar-refractivity contribution in [2.24, 2.45) is 29.4 Å². The fourth-order valence-electron chi connectivity index (χ4n) is 10.7. The van der Waals surface area contributed by atoms with Crippen molar-refractivity contribution in [3.63, 3.8) is 0 Å². The van der Waals surface area contributed by atoms with E-state index in [0.29, 0.717) is 44.5 Å². The molecule has 18 heteroatoms. The third kappa shape index (κ3) is 13.6. The molecule has 0 amide bonds. The molecule has 3 fully saturated rings. The fraction of sp³-hybridized carbons (Fsp3) is 0.800. The molecule has 18 nitrogen and oxygen atoms in total. The SMILES string of the molecule is CC[C@H]1OC(=O)[C@H](C)[C@@H](O[C@H]2C[C@@](C)(OC)[C@@H](O)[C@H](C)O2)[C@H](C)[C@@H](O[C@@H]2O[C@H](C)C[C@H](N(C)CCc3cn(CCc4ccc(C(=N)N)cc4)nn3)[C@H]2O)[C@](C)(O)C[C@@H](C)CN(C)[C@H](C)[C@@H](O)[C@H]1C. The van der Waals surface area contributed by atoms with E-state index in [9.17, 15) is 25.2 Å². The van der Waals surface area contributed by atoms with Crippen LogP contribution < -0.4 is 5.73 Å². The van der Waals surface area contributed by atoms with E-state index in [1.54, 1.807) is 27.7 Å². The molecule has 0 spiro atoms. The van der Waals surface area contributed by atoms with Gasteiger partial charge in [0.1, 0.15) is 24.1 Å². The number of nitrogens with two attached hydrogens (primary N) is 1. The van der Waals surface area contributed by atoms with Gasteiger partial charge < -0.3 is 64.4 Å². The second-order valence-corrected chi connectivity index (χ2v) is 21.0. The molecule has 7 N–H and O–H groups in total. The Bertz CT molecular complexity index is 1910. The molecular formula is C50H85N7O11. The van der Waals surface area contributed by atoms with E-state index >= 15 is 0 Å². The van der Waals surface area contributed by atoms with Crippen molar-refractivity contribution < 1.29 is 53.6 Å². The summed E-state index contributed by atoms with van der Waals surface area (Å²) in [7, 11) is 5.43. The Labute approximate surface area is 404 Å². The molecule has 0 radical (unpaired) electrons. The number of ether oxygens (including phenoxy) is 6. The number of aliphatic hydroxyl groups excluding tert-OH is 3. The van der Waals surface area contributed by atoms with Gasteiger partial charge in [-0.15, -0.1) is 5.10 Å². The van der Waals surface area contributed by atoms with Crippen molar-refractivity contribution in [3.05, 3.63) is 47.3 Å². The van der Waals surface area contributed by atoms with Crippen LogP contribution in [0.4, 0.5) is 0 Å². The fourth-order valence-corrected chi connectivity index (χ4v) is 10.7. The maximum absolute atomic E-state index is 14.4. The summed E-state index contributed by atoms with van der Waals surface area (Å²) < 4.78 is 40.3. The van der Waals surface area contributed by atoms with Crippen LogP contribution >= 0.6 is 0 Å². The number of aryl methyl sites for hydroxylation is 2. The molecule has 3 saturated heterocycles. The van der Waals surface area contributed by atoms with Crippen molar-refractivity contribution in [2.45, 2.75) is 199 Å². The van der Waals surface area contributed by atoms with Crippen molar-refractivity contribution in [2.75, 3.05) is 34.3 Å². The van der Waals surface area contributed by atoms with E-state index in [0.717, 1.165) is 17.7 Å². The van der Waals surface area contributed by atoms with E-state index in [-0.39, 0.29) is 42.8 Å². The monoisotopic (exact) mass is 960 g/mol. The summed E-state index contributed by atoms with van der Waals surface area (Å²) in [5.41, 5.74) is 5.61. The normalized spacial score (nSPS) is 39.5. The summed E-state index contributed by atoms with van der Waals surface area (Å²) >= 11 is 0. The molecule has 3 aliphatic rings. The Morgan fingerprint density at radius 1 is 0.985 bits per heavy atom. The maximum atomic E-state index is 14.4. The lowest BCUT2D eigenvalue weighted by atomic mass is 9.77. The quantitative estimate of drug-likeness (QED) is 0.0902. The largest absolute Gasteiger partial charge is 0.462 e. The summed E-state index contributed by atoms with van der Waals surface area (Å²) in [6.45, 7) is 20.3. The number of amidine groups is 1. The highest BCUT2D eigenvalue weighted by Gasteiger charge is 2.52. The first-order chi connectivity index (χ1) is 31.9. The van der Waals surface area contributed by atoms with Gasteiger partial charge in [-0.25, -0.2) is 0 Å². The number of cyclic esters (lactones) is 1. The molecular weight excluding hydrogens is 875 g/mol. The molecule has 386 valence electrons. The number of carbonyl (C=O) groups is 1. The average molecular weight is 960 g/mol. The molecule has 5 rings (SSSR count). The highest BCUT2D eigenvalue weighted by molar-refractivity contribution is 5.94. The molecule has 1 aromatic carbocycles. The van der Waals surface area contributed by atoms with E-state index < -0.39 is 90.2 Å². The Morgan fingerprint density at radius 2 is 1.66 bits per heavy atom. The average Bonchev–Trinajstić information content (AvgIpc) is 3.76. The summed E-state index contributed by atoms with van der Waals surface area (Å²) in [5.74, 6) is -2.67. The number of nitrogens with zero attached hydrogens (tertiary/aromatic N) is 5. The van der Waals surface area contributed by atoms with Crippen molar-refractivity contribution in [1.82, 2.24) is 24.8 Å². The molecule has 0 bridgehead atoms. The van der Waals surface area contributed by atoms with Gasteiger partial charge in [-0.3, -0.25) is 14.9 Å². The van der Waals surface area contributed by atoms with Crippen LogP contribution in [0.15, 0.2) is 30.5 Å². The number of aliphatic hydroxyl groups is 4. The number of carbonyl (C=O) groups excluding carboxylic acids is 1. The lowest BCUT2D eigenvalue weighted by Crippen LogP contribution is -2.60. The van der Waals surface area contributed by atoms with Gasteiger partial charge in [0.2, 0.25) is 0 Å². The Hall–Kier alpha value is -3.14. The van der Waals surface area contributed by atoms with Crippen LogP contribution in [0, 0.1) is 29.1 Å². The number of methoxy groups -OCH3 is 1. The number of rotatable bonds is 14. The van der Waals surface area contributed by atoms with Crippen LogP contribution in [0.1, 0.15) is 112 Å². The molecule has 0 unspecified atom stereocenters. The van der Waals surface area contributed by atoms with Crippen LogP contribution in [0.3, 0.4) is 0 Å². The van der Waals surface area contributed by atoms with Gasteiger partial charge >= 0.3 is 5.97 Å². The second-order valence-electron chi connectivity index (χ2n) is 21.0. The first-order valence-electron chi connectivity index (χ1n) is 24.8. The molecule has 4 heterocycles. The standard InChI is InChI=1S/C50H85N7O11/c1-14-39-30(4)41(58)33(7)56(12)26-28(2)24-49(9,62)45(31(5)43(32(6)47(61)66-39)67-40-25-50(10,63-13)44(60)34(8)65-40)68-48-42(59)38(23-29(3)64-48)55(11)21-20-37-27-57(54-53-37)22-19-35-15-17-36(18-16-35)46(51)52/h15-18,27-34,38-45,48,58-60,62H,14,19-26H2,1-13H3,(H3,51,52)/t28-,29-,30+,31+,32-,33-,34+,38+,39-,40+,41+,42-,43+,44+,45-,48+,49-,50-/m1/s1. The van der Waals surface area contributed by atoms with E-state index in [2.05, 4.69) is 20.1 Å². The summed E-state index contributed by atoms with van der Waals surface area (Å²) in [4.78, 5) is 18.6. The highest BCUT2D eigenvalue weighted by Crippen LogP contribution is 2.40. The Kier molecular flexibility index (Phi) is 19.6. The van der Waals surface area contributed by atoms with Crippen molar-refractivity contribution in [1.29, 1.82) is 5.41 Å². The number of hydrogen-bond donors (Lipinski definition) is 6. The van der Waals surface area contributed by atoms with Crippen LogP contribution in [0.25, 0.3) is 0 Å². The van der Waals surface area contributed by atoms with Gasteiger partial charge in [0.25, 0.3) is 0 Å². The lowest BCUT2D eigenvalue weighted by Gasteiger charge is -2.49. The zero-order chi connectivity index (χ0) is 50.4. The minimum atomic E-state index is -1.57. The number of nitrogen functional groups attached to an aromatic ring is 1. The van der Waals surface area contributed by atoms with Crippen LogP contribution in [-0.2, 0) is 52.6 Å². The Balaban J connectivity index is 1.41. The molecule has 0 aliphatic carbocycles. The third-order valence-electron chi connectivity index (χ3n) is 15.3. The van der Waals surface area contributed by atoms with E-state index in [1.165, 1.54) is 7.11 Å². The number of nitrogens with one attached hydrogen (secondary N) is 1. The topological polar surface area (TPSA) is 240 Å². The molecule has 3 aliphatic heterocycles.